The van der Waals surface area contributed by atoms with Crippen LogP contribution < -0.4 is 0 Å². The zero-order valence-electron chi connectivity index (χ0n) is 51.5. The molecule has 3 atom stereocenters. The maximum atomic E-state index is 13.0. The van der Waals surface area contributed by atoms with Gasteiger partial charge in [0.2, 0.25) is 0 Å². The van der Waals surface area contributed by atoms with Crippen molar-refractivity contribution in [3.63, 3.8) is 0 Å². The highest BCUT2D eigenvalue weighted by molar-refractivity contribution is 7.47. The first-order chi connectivity index (χ1) is 39.2. The van der Waals surface area contributed by atoms with Crippen molar-refractivity contribution in [2.75, 3.05) is 26.4 Å². The second kappa shape index (κ2) is 62.0. The molecule has 0 aliphatic carbocycles. The smallest absolute Gasteiger partial charge is 0.462 e. The largest absolute Gasteiger partial charge is 0.472 e. The molecule has 11 nitrogen and oxygen atoms in total. The highest BCUT2D eigenvalue weighted by atomic mass is 31.2. The van der Waals surface area contributed by atoms with Crippen molar-refractivity contribution in [1.29, 1.82) is 0 Å². The molecule has 0 rings (SSSR count). The quantitative estimate of drug-likeness (QED) is 0.0197. The lowest BCUT2D eigenvalue weighted by molar-refractivity contribution is -0.161. The first kappa shape index (κ1) is 76.9. The molecule has 0 radical (unpaired) electrons. The van der Waals surface area contributed by atoms with E-state index in [1.54, 1.807) is 0 Å². The number of ether oxygens (including phenoxy) is 3. The molecule has 0 saturated heterocycles. The fraction of sp³-hybridized carbons (Fsp3) is 0.779. The summed E-state index contributed by atoms with van der Waals surface area (Å²) in [5, 5.41) is 9.85. The summed E-state index contributed by atoms with van der Waals surface area (Å²) < 4.78 is 39.7. The van der Waals surface area contributed by atoms with Gasteiger partial charge in [-0.1, -0.05) is 248 Å². The summed E-state index contributed by atoms with van der Waals surface area (Å²) in [6, 6.07) is 0. The maximum Gasteiger partial charge on any atom is 0.472 e. The first-order valence-electron chi connectivity index (χ1n) is 32.8. The number of hydrogen-bond donors (Lipinski definition) is 2. The van der Waals surface area contributed by atoms with Crippen molar-refractivity contribution < 1.29 is 52.2 Å². The molecule has 0 fully saturated rings. The zero-order chi connectivity index (χ0) is 58.3. The number of esters is 3. The van der Waals surface area contributed by atoms with E-state index in [2.05, 4.69) is 93.7 Å². The third-order valence-electron chi connectivity index (χ3n) is 14.1. The molecule has 0 aromatic carbocycles. The second-order valence-electron chi connectivity index (χ2n) is 21.9. The van der Waals surface area contributed by atoms with E-state index in [1.165, 1.54) is 141 Å². The van der Waals surface area contributed by atoms with Crippen LogP contribution in [0.2, 0.25) is 0 Å². The van der Waals surface area contributed by atoms with E-state index in [0.717, 1.165) is 103 Å². The van der Waals surface area contributed by atoms with E-state index in [4.69, 9.17) is 23.3 Å². The van der Waals surface area contributed by atoms with Crippen LogP contribution in [0.4, 0.5) is 0 Å². The number of aliphatic hydroxyl groups is 1. The molecule has 0 aliphatic rings. The van der Waals surface area contributed by atoms with Crippen LogP contribution in [-0.4, -0.2) is 66.5 Å². The van der Waals surface area contributed by atoms with Crippen molar-refractivity contribution in [1.82, 2.24) is 0 Å². The molecule has 2 N–H and O–H groups in total. The Morgan fingerprint density at radius 3 is 1.04 bits per heavy atom. The Labute approximate surface area is 490 Å². The molecule has 12 heteroatoms. The number of carbonyl (C=O) groups is 3. The van der Waals surface area contributed by atoms with Gasteiger partial charge in [0.1, 0.15) is 12.7 Å². The van der Waals surface area contributed by atoms with Gasteiger partial charge in [0.05, 0.1) is 19.8 Å². The van der Waals surface area contributed by atoms with E-state index in [9.17, 15) is 28.9 Å². The Morgan fingerprint density at radius 1 is 0.362 bits per heavy atom. The highest BCUT2D eigenvalue weighted by Crippen LogP contribution is 2.43. The third kappa shape index (κ3) is 59.5. The summed E-state index contributed by atoms with van der Waals surface area (Å²) in [7, 11) is -4.76. The number of phosphoric ester groups is 1. The lowest BCUT2D eigenvalue weighted by Crippen LogP contribution is -2.30. The van der Waals surface area contributed by atoms with Gasteiger partial charge in [-0.25, -0.2) is 4.57 Å². The summed E-state index contributed by atoms with van der Waals surface area (Å²) in [6.45, 7) is 4.53. The monoisotopic (exact) mass is 1140 g/mol. The molecule has 0 spiro atoms. The minimum absolute atomic E-state index is 0.157. The molecular weight excluding hydrogens is 1020 g/mol. The Kier molecular flexibility index (Phi) is 59.6. The molecule has 464 valence electrons. The van der Waals surface area contributed by atoms with Crippen molar-refractivity contribution in [3.8, 4) is 0 Å². The minimum Gasteiger partial charge on any atom is -0.462 e. The molecule has 0 aromatic heterocycles. The predicted octanol–water partition coefficient (Wildman–Crippen LogP) is 20.0. The van der Waals surface area contributed by atoms with E-state index >= 15 is 0 Å². The minimum atomic E-state index is -4.76. The van der Waals surface area contributed by atoms with E-state index < -0.39 is 57.8 Å². The SMILES string of the molecule is CC/C=C\C/C=C\C/C=C\CCCCCCCC(=O)OC(CO)COP(=O)(O)OCC(COC(=O)CCCCCCCCCCC/C=C\C/C=C\CCCCC)OC(=O)CCCCCCCCCCC/C=C\CCCCCCCC. The Bertz CT molecular complexity index is 1620. The zero-order valence-corrected chi connectivity index (χ0v) is 52.4. The van der Waals surface area contributed by atoms with Crippen LogP contribution in [0.5, 0.6) is 0 Å². The molecule has 0 amide bonds. The molecule has 0 saturated carbocycles. The van der Waals surface area contributed by atoms with Gasteiger partial charge in [-0.2, -0.15) is 0 Å². The average molecular weight is 1150 g/mol. The van der Waals surface area contributed by atoms with Crippen LogP contribution in [0.25, 0.3) is 0 Å². The van der Waals surface area contributed by atoms with Gasteiger partial charge in [-0.3, -0.25) is 23.4 Å². The summed E-state index contributed by atoms with van der Waals surface area (Å²) in [5.74, 6) is -1.48. The van der Waals surface area contributed by atoms with Crippen LogP contribution in [-0.2, 0) is 42.2 Å². The van der Waals surface area contributed by atoms with E-state index in [0.29, 0.717) is 19.3 Å². The Balaban J connectivity index is 4.71. The lowest BCUT2D eigenvalue weighted by Gasteiger charge is -2.21. The average Bonchev–Trinajstić information content (AvgIpc) is 3.45. The van der Waals surface area contributed by atoms with Crippen LogP contribution >= 0.6 is 7.82 Å². The normalized spacial score (nSPS) is 13.7. The number of rotatable bonds is 61. The number of allylic oxidation sites excluding steroid dienone is 12. The number of carbonyl (C=O) groups excluding carboxylic acids is 3. The first-order valence-corrected chi connectivity index (χ1v) is 34.3. The fourth-order valence-electron chi connectivity index (χ4n) is 9.10. The number of unbranched alkanes of at least 4 members (excludes halogenated alkanes) is 32. The topological polar surface area (TPSA) is 155 Å². The predicted molar refractivity (Wildman–Crippen MR) is 335 cm³/mol. The lowest BCUT2D eigenvalue weighted by atomic mass is 10.1. The highest BCUT2D eigenvalue weighted by Gasteiger charge is 2.28. The van der Waals surface area contributed by atoms with Gasteiger partial charge < -0.3 is 24.2 Å². The van der Waals surface area contributed by atoms with Crippen LogP contribution in [0, 0.1) is 0 Å². The van der Waals surface area contributed by atoms with E-state index in [-0.39, 0.29) is 25.9 Å². The molecule has 3 unspecified atom stereocenters. The van der Waals surface area contributed by atoms with Crippen LogP contribution in [0.3, 0.4) is 0 Å². The standard InChI is InChI=1S/C68H121O11P/c1-4-7-10-13-16-19-22-25-28-30-32-34-37-39-42-45-48-51-54-57-66(70)75-61-65(79-68(72)59-56-53-50-47-44-41-38-35-33-31-29-26-23-20-17-14-11-8-5-2)63-77-80(73,74)76-62-64(60-69)78-67(71)58-55-52-49-46-43-40-36-27-24-21-18-15-12-9-6-3/h9,12,16,18-19,21,25-29,36,64-65,69H,4-8,10-11,13-15,17,20,22-24,30-35,37-63H2,1-3H3,(H,73,74)/b12-9-,19-16-,21-18-,28-25-,29-26-,36-27-. The molecular formula is C68H121O11P. The van der Waals surface area contributed by atoms with Crippen molar-refractivity contribution in [2.45, 2.75) is 315 Å². The van der Waals surface area contributed by atoms with Gasteiger partial charge in [-0.05, 0) is 109 Å². The van der Waals surface area contributed by atoms with Crippen LogP contribution in [0.1, 0.15) is 303 Å². The second-order valence-corrected chi connectivity index (χ2v) is 23.3. The van der Waals surface area contributed by atoms with Gasteiger partial charge in [0.15, 0.2) is 6.10 Å². The van der Waals surface area contributed by atoms with Crippen molar-refractivity contribution >= 4 is 25.7 Å². The molecule has 0 aromatic rings. The summed E-state index contributed by atoms with van der Waals surface area (Å²) >= 11 is 0. The van der Waals surface area contributed by atoms with Gasteiger partial charge in [0.25, 0.3) is 0 Å². The third-order valence-corrected chi connectivity index (χ3v) is 15.0. The van der Waals surface area contributed by atoms with Gasteiger partial charge >= 0.3 is 25.7 Å². The molecule has 0 aliphatic heterocycles. The Hall–Kier alpha value is -3.08. The Morgan fingerprint density at radius 2 is 0.650 bits per heavy atom. The number of phosphoric acid groups is 1. The fourth-order valence-corrected chi connectivity index (χ4v) is 9.89. The van der Waals surface area contributed by atoms with Gasteiger partial charge in [-0.15, -0.1) is 0 Å². The number of aliphatic hydroxyl groups excluding tert-OH is 1. The van der Waals surface area contributed by atoms with Crippen molar-refractivity contribution in [3.05, 3.63) is 72.9 Å². The van der Waals surface area contributed by atoms with E-state index in [1.807, 2.05) is 0 Å². The summed E-state index contributed by atoms with van der Waals surface area (Å²) in [4.78, 5) is 48.8. The molecule has 80 heavy (non-hydrogen) atoms. The van der Waals surface area contributed by atoms with Crippen molar-refractivity contribution in [2.24, 2.45) is 0 Å². The molecule has 0 bridgehead atoms. The molecule has 0 heterocycles. The number of hydrogen-bond acceptors (Lipinski definition) is 10. The summed E-state index contributed by atoms with van der Waals surface area (Å²) in [6.07, 6.45) is 71.3. The van der Waals surface area contributed by atoms with Gasteiger partial charge in [0, 0.05) is 19.3 Å². The maximum absolute atomic E-state index is 13.0. The summed E-state index contributed by atoms with van der Waals surface area (Å²) in [5.41, 5.74) is 0. The van der Waals surface area contributed by atoms with Crippen LogP contribution in [0.15, 0.2) is 72.9 Å².